The minimum atomic E-state index is 0.476. The van der Waals surface area contributed by atoms with E-state index in [1.807, 2.05) is 37.2 Å². The third kappa shape index (κ3) is 2.74. The van der Waals surface area contributed by atoms with Gasteiger partial charge in [0.15, 0.2) is 5.82 Å². The molecular weight excluding hydrogens is 250 g/mol. The van der Waals surface area contributed by atoms with Crippen LogP contribution in [0.2, 0.25) is 0 Å². The highest BCUT2D eigenvalue weighted by atomic mass is 16.5. The summed E-state index contributed by atoms with van der Waals surface area (Å²) < 4.78 is 5.81. The van der Waals surface area contributed by atoms with Gasteiger partial charge >= 0.3 is 0 Å². The van der Waals surface area contributed by atoms with Gasteiger partial charge in [0.05, 0.1) is 12.3 Å². The summed E-state index contributed by atoms with van der Waals surface area (Å²) in [4.78, 5) is 1.96. The Kier molecular flexibility index (Phi) is 3.54. The number of benzene rings is 1. The first-order valence-corrected chi connectivity index (χ1v) is 6.93. The predicted molar refractivity (Wildman–Crippen MR) is 79.2 cm³/mol. The van der Waals surface area contributed by atoms with Gasteiger partial charge in [0, 0.05) is 20.0 Å². The van der Waals surface area contributed by atoms with E-state index in [1.165, 1.54) is 5.56 Å². The number of hydrogen-bond acceptors (Lipinski definition) is 4. The van der Waals surface area contributed by atoms with Crippen LogP contribution in [-0.4, -0.2) is 30.9 Å². The number of hydrogen-bond donors (Lipinski definition) is 0. The average molecular weight is 269 g/mol. The molecule has 3 rings (SSSR count). The van der Waals surface area contributed by atoms with Crippen LogP contribution in [0.4, 0.5) is 5.82 Å². The number of anilines is 1. The Morgan fingerprint density at radius 2 is 2.00 bits per heavy atom. The highest BCUT2D eigenvalue weighted by Gasteiger charge is 2.20. The molecule has 0 saturated heterocycles. The summed E-state index contributed by atoms with van der Waals surface area (Å²) in [6.45, 7) is 0.758. The normalized spacial score (nSPS) is 17.2. The Morgan fingerprint density at radius 1 is 1.15 bits per heavy atom. The lowest BCUT2D eigenvalue weighted by molar-refractivity contribution is 0.220. The highest BCUT2D eigenvalue weighted by Crippen LogP contribution is 2.28. The van der Waals surface area contributed by atoms with Crippen molar-refractivity contribution in [1.29, 1.82) is 0 Å². The second-order valence-electron chi connectivity index (χ2n) is 5.47. The molecule has 2 heterocycles. The first-order chi connectivity index (χ1) is 9.72. The molecule has 1 atom stereocenters. The molecule has 1 aromatic carbocycles. The van der Waals surface area contributed by atoms with Crippen LogP contribution < -0.4 is 9.64 Å². The van der Waals surface area contributed by atoms with Crippen LogP contribution in [0.5, 0.6) is 5.75 Å². The van der Waals surface area contributed by atoms with Crippen molar-refractivity contribution >= 4 is 5.82 Å². The second-order valence-corrected chi connectivity index (χ2v) is 5.47. The van der Waals surface area contributed by atoms with Gasteiger partial charge in [-0.2, -0.15) is 5.10 Å². The van der Waals surface area contributed by atoms with E-state index >= 15 is 0 Å². The van der Waals surface area contributed by atoms with Crippen LogP contribution in [0.3, 0.4) is 0 Å². The zero-order valence-electron chi connectivity index (χ0n) is 11.9. The predicted octanol–water partition coefficient (Wildman–Crippen LogP) is 2.34. The Labute approximate surface area is 119 Å². The van der Waals surface area contributed by atoms with Gasteiger partial charge < -0.3 is 9.64 Å². The largest absolute Gasteiger partial charge is 0.493 e. The standard InChI is InChI=1S/C16H19N3O/c1-19(2)16-8-7-14(17-18-16)10-12-9-13-5-3-4-6-15(13)20-11-12/h3-8,12H,9-11H2,1-2H3. The fraction of sp³-hybridized carbons (Fsp3) is 0.375. The molecule has 0 fully saturated rings. The van der Waals surface area contributed by atoms with Gasteiger partial charge in [0.25, 0.3) is 0 Å². The van der Waals surface area contributed by atoms with Gasteiger partial charge in [0.1, 0.15) is 5.75 Å². The van der Waals surface area contributed by atoms with Crippen molar-refractivity contribution in [3.8, 4) is 5.75 Å². The van der Waals surface area contributed by atoms with Crippen molar-refractivity contribution in [2.45, 2.75) is 12.8 Å². The lowest BCUT2D eigenvalue weighted by atomic mass is 9.93. The molecule has 0 spiro atoms. The van der Waals surface area contributed by atoms with E-state index in [0.29, 0.717) is 5.92 Å². The van der Waals surface area contributed by atoms with E-state index in [4.69, 9.17) is 4.74 Å². The molecule has 0 N–H and O–H groups in total. The van der Waals surface area contributed by atoms with Crippen molar-refractivity contribution in [2.24, 2.45) is 5.92 Å². The van der Waals surface area contributed by atoms with E-state index in [0.717, 1.165) is 36.7 Å². The lowest BCUT2D eigenvalue weighted by Crippen LogP contribution is -2.23. The minimum absolute atomic E-state index is 0.476. The van der Waals surface area contributed by atoms with E-state index in [2.05, 4.69) is 28.4 Å². The molecule has 0 radical (unpaired) electrons. The Balaban J connectivity index is 1.67. The maximum Gasteiger partial charge on any atom is 0.150 e. The van der Waals surface area contributed by atoms with Crippen LogP contribution >= 0.6 is 0 Å². The molecule has 1 aliphatic rings. The topological polar surface area (TPSA) is 38.2 Å². The first kappa shape index (κ1) is 12.9. The van der Waals surface area contributed by atoms with Crippen molar-refractivity contribution in [2.75, 3.05) is 25.6 Å². The zero-order chi connectivity index (χ0) is 13.9. The van der Waals surface area contributed by atoms with Gasteiger partial charge in [-0.3, -0.25) is 0 Å². The number of ether oxygens (including phenoxy) is 1. The number of aromatic nitrogens is 2. The van der Waals surface area contributed by atoms with Gasteiger partial charge in [0.2, 0.25) is 0 Å². The van der Waals surface area contributed by atoms with Crippen LogP contribution in [-0.2, 0) is 12.8 Å². The van der Waals surface area contributed by atoms with Crippen molar-refractivity contribution in [3.05, 3.63) is 47.7 Å². The quantitative estimate of drug-likeness (QED) is 0.857. The van der Waals surface area contributed by atoms with E-state index in [-0.39, 0.29) is 0 Å². The van der Waals surface area contributed by atoms with Crippen LogP contribution in [0.25, 0.3) is 0 Å². The maximum absolute atomic E-state index is 5.81. The zero-order valence-corrected chi connectivity index (χ0v) is 11.9. The molecule has 1 aliphatic heterocycles. The summed E-state index contributed by atoms with van der Waals surface area (Å²) >= 11 is 0. The fourth-order valence-corrected chi connectivity index (χ4v) is 2.52. The number of nitrogens with zero attached hydrogens (tertiary/aromatic N) is 3. The molecule has 0 saturated carbocycles. The van der Waals surface area contributed by atoms with Gasteiger partial charge in [-0.1, -0.05) is 18.2 Å². The monoisotopic (exact) mass is 269 g/mol. The van der Waals surface area contributed by atoms with E-state index < -0.39 is 0 Å². The molecular formula is C16H19N3O. The van der Waals surface area contributed by atoms with E-state index in [9.17, 15) is 0 Å². The highest BCUT2D eigenvalue weighted by molar-refractivity contribution is 5.36. The summed E-state index contributed by atoms with van der Waals surface area (Å²) in [7, 11) is 3.94. The number of fused-ring (bicyclic) bond motifs is 1. The molecule has 20 heavy (non-hydrogen) atoms. The molecule has 1 aromatic heterocycles. The molecule has 0 amide bonds. The fourth-order valence-electron chi connectivity index (χ4n) is 2.52. The second kappa shape index (κ2) is 5.49. The molecule has 0 aliphatic carbocycles. The number of para-hydroxylation sites is 1. The van der Waals surface area contributed by atoms with Gasteiger partial charge in [-0.25, -0.2) is 0 Å². The Morgan fingerprint density at radius 3 is 2.75 bits per heavy atom. The minimum Gasteiger partial charge on any atom is -0.493 e. The first-order valence-electron chi connectivity index (χ1n) is 6.93. The summed E-state index contributed by atoms with van der Waals surface area (Å²) in [5.41, 5.74) is 2.32. The van der Waals surface area contributed by atoms with Crippen LogP contribution in [0, 0.1) is 5.92 Å². The smallest absolute Gasteiger partial charge is 0.150 e. The molecule has 1 unspecified atom stereocenters. The maximum atomic E-state index is 5.81. The summed E-state index contributed by atoms with van der Waals surface area (Å²) in [6, 6.07) is 12.3. The summed E-state index contributed by atoms with van der Waals surface area (Å²) in [5, 5.41) is 8.53. The average Bonchev–Trinajstić information content (AvgIpc) is 2.48. The van der Waals surface area contributed by atoms with Gasteiger partial charge in [-0.05, 0) is 36.6 Å². The van der Waals surface area contributed by atoms with Crippen molar-refractivity contribution in [3.63, 3.8) is 0 Å². The van der Waals surface area contributed by atoms with Gasteiger partial charge in [-0.15, -0.1) is 5.10 Å². The molecule has 0 bridgehead atoms. The SMILES string of the molecule is CN(C)c1ccc(CC2COc3ccccc3C2)nn1. The lowest BCUT2D eigenvalue weighted by Gasteiger charge is -2.24. The molecule has 104 valence electrons. The molecule has 4 heteroatoms. The van der Waals surface area contributed by atoms with E-state index in [1.54, 1.807) is 0 Å². The summed E-state index contributed by atoms with van der Waals surface area (Å²) in [5.74, 6) is 2.39. The Hall–Kier alpha value is -2.10. The third-order valence-corrected chi connectivity index (χ3v) is 3.62. The third-order valence-electron chi connectivity index (χ3n) is 3.62. The molecule has 2 aromatic rings. The Bertz CT molecular complexity index is 581. The molecule has 4 nitrogen and oxygen atoms in total. The number of rotatable bonds is 3. The van der Waals surface area contributed by atoms with Crippen molar-refractivity contribution < 1.29 is 4.74 Å². The van der Waals surface area contributed by atoms with Crippen LogP contribution in [0.15, 0.2) is 36.4 Å². The summed E-state index contributed by atoms with van der Waals surface area (Å²) in [6.07, 6.45) is 1.96. The van der Waals surface area contributed by atoms with Crippen LogP contribution in [0.1, 0.15) is 11.3 Å². The van der Waals surface area contributed by atoms with Crippen molar-refractivity contribution in [1.82, 2.24) is 10.2 Å².